The zero-order valence-electron chi connectivity index (χ0n) is 11.0. The lowest BCUT2D eigenvalue weighted by Gasteiger charge is -2.11. The van der Waals surface area contributed by atoms with Crippen LogP contribution < -0.4 is 10.6 Å². The number of amides is 1. The molecule has 2 aromatic rings. The maximum atomic E-state index is 12.2. The van der Waals surface area contributed by atoms with E-state index in [-0.39, 0.29) is 5.91 Å². The normalized spacial score (nSPS) is 10.0. The number of rotatable bonds is 4. The van der Waals surface area contributed by atoms with Crippen LogP contribution in [-0.4, -0.2) is 22.4 Å². The van der Waals surface area contributed by atoms with E-state index in [0.717, 1.165) is 17.9 Å². The second-order valence-corrected chi connectivity index (χ2v) is 4.04. The fraction of sp³-hybridized carbons (Fsp3) is 0.214. The molecule has 2 heterocycles. The Morgan fingerprint density at radius 3 is 2.84 bits per heavy atom. The fourth-order valence-corrected chi connectivity index (χ4v) is 1.73. The second kappa shape index (κ2) is 5.95. The Bertz CT molecular complexity index is 583. The van der Waals surface area contributed by atoms with Gasteiger partial charge < -0.3 is 10.6 Å². The summed E-state index contributed by atoms with van der Waals surface area (Å²) in [6.07, 6.45) is 4.91. The van der Waals surface area contributed by atoms with E-state index in [1.807, 2.05) is 19.9 Å². The van der Waals surface area contributed by atoms with Gasteiger partial charge in [0.1, 0.15) is 0 Å². The van der Waals surface area contributed by atoms with Crippen LogP contribution in [0.2, 0.25) is 0 Å². The average Bonchev–Trinajstić information content (AvgIpc) is 2.42. The van der Waals surface area contributed by atoms with Crippen molar-refractivity contribution in [3.05, 3.63) is 48.0 Å². The largest absolute Gasteiger partial charge is 0.385 e. The average molecular weight is 256 g/mol. The lowest BCUT2D eigenvalue weighted by Crippen LogP contribution is -2.16. The number of aromatic nitrogens is 2. The van der Waals surface area contributed by atoms with Crippen LogP contribution in [0.1, 0.15) is 23.0 Å². The van der Waals surface area contributed by atoms with Gasteiger partial charge in [-0.3, -0.25) is 14.8 Å². The number of nitrogens with zero attached hydrogens (tertiary/aromatic N) is 2. The molecule has 0 aromatic carbocycles. The Labute approximate surface area is 112 Å². The molecule has 0 saturated carbocycles. The number of carbonyl (C=O) groups excluding carboxylic acids is 1. The van der Waals surface area contributed by atoms with E-state index in [1.54, 1.807) is 30.7 Å². The molecule has 0 spiro atoms. The number of carbonyl (C=O) groups is 1. The number of pyridine rings is 2. The molecule has 2 N–H and O–H groups in total. The monoisotopic (exact) mass is 256 g/mol. The summed E-state index contributed by atoms with van der Waals surface area (Å²) in [4.78, 5) is 20.4. The summed E-state index contributed by atoms with van der Waals surface area (Å²) in [6.45, 7) is 4.58. The molecule has 2 rings (SSSR count). The number of nitrogens with one attached hydrogen (secondary N) is 2. The third kappa shape index (κ3) is 3.07. The SMILES string of the molecule is CCNc1ccncc1C(=O)Nc1cccnc1C. The summed E-state index contributed by atoms with van der Waals surface area (Å²) in [5.74, 6) is -0.194. The Balaban J connectivity index is 2.23. The van der Waals surface area contributed by atoms with E-state index in [4.69, 9.17) is 0 Å². The van der Waals surface area contributed by atoms with Crippen LogP contribution in [0.15, 0.2) is 36.8 Å². The summed E-state index contributed by atoms with van der Waals surface area (Å²) < 4.78 is 0. The highest BCUT2D eigenvalue weighted by atomic mass is 16.1. The van der Waals surface area contributed by atoms with Crippen LogP contribution in [0, 0.1) is 6.92 Å². The van der Waals surface area contributed by atoms with Gasteiger partial charge in [-0.15, -0.1) is 0 Å². The quantitative estimate of drug-likeness (QED) is 0.881. The van der Waals surface area contributed by atoms with Crippen molar-refractivity contribution in [2.45, 2.75) is 13.8 Å². The van der Waals surface area contributed by atoms with Crippen molar-refractivity contribution in [3.63, 3.8) is 0 Å². The zero-order valence-corrected chi connectivity index (χ0v) is 11.0. The highest BCUT2D eigenvalue weighted by molar-refractivity contribution is 6.07. The first-order chi connectivity index (χ1) is 9.22. The zero-order chi connectivity index (χ0) is 13.7. The molecule has 2 aromatic heterocycles. The first kappa shape index (κ1) is 13.0. The van der Waals surface area contributed by atoms with Crippen molar-refractivity contribution in [2.24, 2.45) is 0 Å². The smallest absolute Gasteiger partial charge is 0.259 e. The van der Waals surface area contributed by atoms with Gasteiger partial charge in [0.05, 0.1) is 22.6 Å². The molecule has 19 heavy (non-hydrogen) atoms. The molecule has 5 nitrogen and oxygen atoms in total. The van der Waals surface area contributed by atoms with Gasteiger partial charge in [0, 0.05) is 25.1 Å². The molecule has 98 valence electrons. The Kier molecular flexibility index (Phi) is 4.07. The lowest BCUT2D eigenvalue weighted by molar-refractivity contribution is 0.102. The third-order valence-electron chi connectivity index (χ3n) is 2.69. The molecular formula is C14H16N4O. The molecule has 0 unspecified atom stereocenters. The summed E-state index contributed by atoms with van der Waals surface area (Å²) in [5.41, 5.74) is 2.78. The van der Waals surface area contributed by atoms with Crippen LogP contribution in [0.3, 0.4) is 0 Å². The Morgan fingerprint density at radius 2 is 2.11 bits per heavy atom. The van der Waals surface area contributed by atoms with E-state index in [0.29, 0.717) is 11.3 Å². The van der Waals surface area contributed by atoms with Gasteiger partial charge >= 0.3 is 0 Å². The minimum absolute atomic E-state index is 0.194. The minimum Gasteiger partial charge on any atom is -0.385 e. The summed E-state index contributed by atoms with van der Waals surface area (Å²) in [5, 5.41) is 5.98. The molecule has 0 aliphatic rings. The fourth-order valence-electron chi connectivity index (χ4n) is 1.73. The number of hydrogen-bond acceptors (Lipinski definition) is 4. The number of aryl methyl sites for hydroxylation is 1. The van der Waals surface area contributed by atoms with E-state index in [9.17, 15) is 4.79 Å². The van der Waals surface area contributed by atoms with Crippen LogP contribution in [0.25, 0.3) is 0 Å². The lowest BCUT2D eigenvalue weighted by atomic mass is 10.2. The van der Waals surface area contributed by atoms with Gasteiger partial charge in [-0.2, -0.15) is 0 Å². The summed E-state index contributed by atoms with van der Waals surface area (Å²) >= 11 is 0. The van der Waals surface area contributed by atoms with Crippen molar-refractivity contribution < 1.29 is 4.79 Å². The second-order valence-electron chi connectivity index (χ2n) is 4.04. The van der Waals surface area contributed by atoms with Gasteiger partial charge in [0.25, 0.3) is 5.91 Å². The Morgan fingerprint density at radius 1 is 1.26 bits per heavy atom. The van der Waals surface area contributed by atoms with Gasteiger partial charge in [-0.05, 0) is 32.0 Å². The molecule has 0 saturated heterocycles. The first-order valence-corrected chi connectivity index (χ1v) is 6.13. The van der Waals surface area contributed by atoms with Gasteiger partial charge in [-0.25, -0.2) is 0 Å². The van der Waals surface area contributed by atoms with E-state index in [2.05, 4.69) is 20.6 Å². The maximum Gasteiger partial charge on any atom is 0.259 e. The highest BCUT2D eigenvalue weighted by Gasteiger charge is 2.12. The first-order valence-electron chi connectivity index (χ1n) is 6.13. The van der Waals surface area contributed by atoms with Crippen molar-refractivity contribution in [1.82, 2.24) is 9.97 Å². The van der Waals surface area contributed by atoms with E-state index in [1.165, 1.54) is 0 Å². The third-order valence-corrected chi connectivity index (χ3v) is 2.69. The maximum absolute atomic E-state index is 12.2. The Hall–Kier alpha value is -2.43. The molecule has 1 amide bonds. The molecule has 0 fully saturated rings. The van der Waals surface area contributed by atoms with Crippen LogP contribution in [-0.2, 0) is 0 Å². The molecule has 0 radical (unpaired) electrons. The van der Waals surface area contributed by atoms with Gasteiger partial charge in [0.15, 0.2) is 0 Å². The molecule has 0 bridgehead atoms. The molecule has 0 aliphatic carbocycles. The predicted molar refractivity (Wildman–Crippen MR) is 75.3 cm³/mol. The highest BCUT2D eigenvalue weighted by Crippen LogP contribution is 2.17. The summed E-state index contributed by atoms with van der Waals surface area (Å²) in [6, 6.07) is 5.40. The molecular weight excluding hydrogens is 240 g/mol. The standard InChI is InChI=1S/C14H16N4O/c1-3-16-13-6-8-15-9-11(13)14(19)18-12-5-4-7-17-10(12)2/h4-9H,3H2,1-2H3,(H,15,16)(H,18,19). The number of hydrogen-bond donors (Lipinski definition) is 2. The predicted octanol–water partition coefficient (Wildman–Crippen LogP) is 2.47. The van der Waals surface area contributed by atoms with Crippen LogP contribution in [0.5, 0.6) is 0 Å². The van der Waals surface area contributed by atoms with Crippen molar-refractivity contribution in [2.75, 3.05) is 17.2 Å². The molecule has 5 heteroatoms. The summed E-state index contributed by atoms with van der Waals surface area (Å²) in [7, 11) is 0. The van der Waals surface area contributed by atoms with Crippen LogP contribution in [0.4, 0.5) is 11.4 Å². The topological polar surface area (TPSA) is 66.9 Å². The van der Waals surface area contributed by atoms with Crippen molar-refractivity contribution in [3.8, 4) is 0 Å². The van der Waals surface area contributed by atoms with E-state index < -0.39 is 0 Å². The van der Waals surface area contributed by atoms with E-state index >= 15 is 0 Å². The van der Waals surface area contributed by atoms with Gasteiger partial charge in [-0.1, -0.05) is 0 Å². The minimum atomic E-state index is -0.194. The molecule has 0 aliphatic heterocycles. The molecule has 0 atom stereocenters. The van der Waals surface area contributed by atoms with Crippen molar-refractivity contribution in [1.29, 1.82) is 0 Å². The van der Waals surface area contributed by atoms with Gasteiger partial charge in [0.2, 0.25) is 0 Å². The van der Waals surface area contributed by atoms with Crippen LogP contribution >= 0.6 is 0 Å². The van der Waals surface area contributed by atoms with Crippen molar-refractivity contribution >= 4 is 17.3 Å². The number of anilines is 2.